The van der Waals surface area contributed by atoms with E-state index < -0.39 is 0 Å². The number of nitrogens with zero attached hydrogens (tertiary/aromatic N) is 1. The maximum atomic E-state index is 6.53. The molecule has 0 radical (unpaired) electrons. The molecule has 1 aliphatic carbocycles. The molecule has 3 nitrogen and oxygen atoms in total. The molecule has 1 saturated carbocycles. The zero-order valence-electron chi connectivity index (χ0n) is 13.8. The third-order valence-electron chi connectivity index (χ3n) is 4.79. The minimum atomic E-state index is -0.0375. The molecule has 21 heavy (non-hydrogen) atoms. The van der Waals surface area contributed by atoms with Crippen molar-refractivity contribution in [2.24, 2.45) is 23.5 Å². The van der Waals surface area contributed by atoms with E-state index in [9.17, 15) is 0 Å². The second-order valence-electron chi connectivity index (χ2n) is 7.06. The second-order valence-corrected chi connectivity index (χ2v) is 7.06. The van der Waals surface area contributed by atoms with Gasteiger partial charge in [0.15, 0.2) is 0 Å². The normalized spacial score (nSPS) is 29.3. The third-order valence-corrected chi connectivity index (χ3v) is 4.79. The molecular formula is C18H30N2O. The lowest BCUT2D eigenvalue weighted by atomic mass is 9.75. The Kier molecular flexibility index (Phi) is 5.77. The van der Waals surface area contributed by atoms with Gasteiger partial charge in [0, 0.05) is 18.4 Å². The largest absolute Gasteiger partial charge is 0.368 e. The average Bonchev–Trinajstić information content (AvgIpc) is 2.45. The lowest BCUT2D eigenvalue weighted by molar-refractivity contribution is -0.0884. The molecule has 1 aromatic rings. The highest BCUT2D eigenvalue weighted by atomic mass is 16.5. The summed E-state index contributed by atoms with van der Waals surface area (Å²) in [5.41, 5.74) is 7.34. The molecule has 118 valence electrons. The molecule has 2 N–H and O–H groups in total. The highest BCUT2D eigenvalue weighted by Crippen LogP contribution is 2.38. The monoisotopic (exact) mass is 290 g/mol. The number of pyridine rings is 1. The van der Waals surface area contributed by atoms with Gasteiger partial charge in [0.2, 0.25) is 0 Å². The molecule has 0 aromatic carbocycles. The summed E-state index contributed by atoms with van der Waals surface area (Å²) in [7, 11) is 0. The summed E-state index contributed by atoms with van der Waals surface area (Å²) in [5, 5.41) is 0. The van der Waals surface area contributed by atoms with E-state index in [-0.39, 0.29) is 12.1 Å². The first-order valence-corrected chi connectivity index (χ1v) is 8.30. The number of hydrogen-bond acceptors (Lipinski definition) is 3. The van der Waals surface area contributed by atoms with Crippen LogP contribution in [0, 0.1) is 17.8 Å². The Morgan fingerprint density at radius 1 is 1.19 bits per heavy atom. The maximum absolute atomic E-state index is 6.53. The smallest absolute Gasteiger partial charge is 0.0977 e. The zero-order chi connectivity index (χ0) is 15.4. The summed E-state index contributed by atoms with van der Waals surface area (Å²) in [6, 6.07) is 4.02. The van der Waals surface area contributed by atoms with E-state index in [2.05, 4.69) is 25.8 Å². The van der Waals surface area contributed by atoms with Crippen LogP contribution in [0.4, 0.5) is 0 Å². The standard InChI is InChI=1S/C18H30N2O/c1-12(2)16-6-5-13(3)11-17(16)21-18(14(4)19)15-7-9-20-10-8-15/h7-10,12-14,16-18H,5-6,11,19H2,1-4H3. The van der Waals surface area contributed by atoms with E-state index in [1.165, 1.54) is 12.8 Å². The van der Waals surface area contributed by atoms with Gasteiger partial charge in [-0.05, 0) is 55.2 Å². The van der Waals surface area contributed by atoms with Gasteiger partial charge >= 0.3 is 0 Å². The summed E-state index contributed by atoms with van der Waals surface area (Å²) < 4.78 is 6.53. The molecule has 2 rings (SSSR count). The average molecular weight is 290 g/mol. The van der Waals surface area contributed by atoms with E-state index in [1.807, 2.05) is 31.5 Å². The quantitative estimate of drug-likeness (QED) is 0.893. The molecule has 5 unspecified atom stereocenters. The lowest BCUT2D eigenvalue weighted by Crippen LogP contribution is -2.38. The molecule has 0 aliphatic heterocycles. The summed E-state index contributed by atoms with van der Waals surface area (Å²) in [6.07, 6.45) is 7.65. The van der Waals surface area contributed by atoms with Crippen LogP contribution < -0.4 is 5.73 Å². The van der Waals surface area contributed by atoms with Gasteiger partial charge in [0.1, 0.15) is 0 Å². The topological polar surface area (TPSA) is 48.1 Å². The molecule has 3 heteroatoms. The van der Waals surface area contributed by atoms with Gasteiger partial charge in [-0.25, -0.2) is 0 Å². The van der Waals surface area contributed by atoms with Gasteiger partial charge in [-0.15, -0.1) is 0 Å². The molecule has 0 spiro atoms. The first-order chi connectivity index (χ1) is 9.99. The minimum Gasteiger partial charge on any atom is -0.368 e. The fraction of sp³-hybridized carbons (Fsp3) is 0.722. The van der Waals surface area contributed by atoms with Crippen molar-refractivity contribution in [3.63, 3.8) is 0 Å². The Hall–Kier alpha value is -0.930. The Labute approximate surface area is 129 Å². The first-order valence-electron chi connectivity index (χ1n) is 8.30. The molecule has 0 amide bonds. The number of aromatic nitrogens is 1. The number of rotatable bonds is 5. The van der Waals surface area contributed by atoms with Crippen molar-refractivity contribution in [2.45, 2.75) is 65.2 Å². The van der Waals surface area contributed by atoms with Crippen LogP contribution in [0.25, 0.3) is 0 Å². The SMILES string of the molecule is CC1CCC(C(C)C)C(OC(c2ccncc2)C(C)N)C1. The zero-order valence-corrected chi connectivity index (χ0v) is 13.8. The molecule has 0 bridgehead atoms. The van der Waals surface area contributed by atoms with Gasteiger partial charge < -0.3 is 10.5 Å². The van der Waals surface area contributed by atoms with Crippen LogP contribution in [0.3, 0.4) is 0 Å². The van der Waals surface area contributed by atoms with E-state index in [0.29, 0.717) is 17.9 Å². The second kappa shape index (κ2) is 7.37. The Balaban J connectivity index is 2.14. The number of hydrogen-bond donors (Lipinski definition) is 1. The fourth-order valence-corrected chi connectivity index (χ4v) is 3.52. The summed E-state index contributed by atoms with van der Waals surface area (Å²) in [6.45, 7) is 8.98. The molecule has 0 saturated heterocycles. The first kappa shape index (κ1) is 16.4. The van der Waals surface area contributed by atoms with Crippen LogP contribution in [0.1, 0.15) is 58.6 Å². The highest BCUT2D eigenvalue weighted by Gasteiger charge is 2.34. The fourth-order valence-electron chi connectivity index (χ4n) is 3.52. The van der Waals surface area contributed by atoms with E-state index in [0.717, 1.165) is 17.9 Å². The maximum Gasteiger partial charge on any atom is 0.0977 e. The van der Waals surface area contributed by atoms with Crippen molar-refractivity contribution in [3.8, 4) is 0 Å². The predicted molar refractivity (Wildman–Crippen MR) is 86.8 cm³/mol. The predicted octanol–water partition coefficient (Wildman–Crippen LogP) is 3.95. The Bertz CT molecular complexity index is 418. The molecule has 1 heterocycles. The van der Waals surface area contributed by atoms with Crippen molar-refractivity contribution in [1.82, 2.24) is 4.98 Å². The van der Waals surface area contributed by atoms with E-state index in [4.69, 9.17) is 10.5 Å². The van der Waals surface area contributed by atoms with Crippen LogP contribution in [0.2, 0.25) is 0 Å². The minimum absolute atomic E-state index is 0.0163. The Morgan fingerprint density at radius 2 is 1.86 bits per heavy atom. The van der Waals surface area contributed by atoms with Gasteiger partial charge in [0.25, 0.3) is 0 Å². The van der Waals surface area contributed by atoms with Crippen LogP contribution in [-0.2, 0) is 4.74 Å². The number of ether oxygens (including phenoxy) is 1. The van der Waals surface area contributed by atoms with Gasteiger partial charge in [-0.3, -0.25) is 4.98 Å². The van der Waals surface area contributed by atoms with Crippen LogP contribution in [0.15, 0.2) is 24.5 Å². The van der Waals surface area contributed by atoms with Gasteiger partial charge in [0.05, 0.1) is 12.2 Å². The van der Waals surface area contributed by atoms with Crippen molar-refractivity contribution in [2.75, 3.05) is 0 Å². The summed E-state index contributed by atoms with van der Waals surface area (Å²) in [4.78, 5) is 4.09. The van der Waals surface area contributed by atoms with Crippen LogP contribution in [0.5, 0.6) is 0 Å². The molecule has 1 aromatic heterocycles. The van der Waals surface area contributed by atoms with Gasteiger partial charge in [-0.1, -0.05) is 27.2 Å². The highest BCUT2D eigenvalue weighted by molar-refractivity contribution is 5.15. The van der Waals surface area contributed by atoms with E-state index in [1.54, 1.807) is 0 Å². The molecule has 1 aliphatic rings. The molecular weight excluding hydrogens is 260 g/mol. The third kappa shape index (κ3) is 4.27. The summed E-state index contributed by atoms with van der Waals surface area (Å²) in [5.74, 6) is 2.05. The molecule has 5 atom stereocenters. The molecule has 1 fully saturated rings. The van der Waals surface area contributed by atoms with Crippen LogP contribution >= 0.6 is 0 Å². The summed E-state index contributed by atoms with van der Waals surface area (Å²) >= 11 is 0. The van der Waals surface area contributed by atoms with E-state index >= 15 is 0 Å². The van der Waals surface area contributed by atoms with Crippen molar-refractivity contribution in [3.05, 3.63) is 30.1 Å². The lowest BCUT2D eigenvalue weighted by Gasteiger charge is -2.40. The Morgan fingerprint density at radius 3 is 2.43 bits per heavy atom. The van der Waals surface area contributed by atoms with Crippen LogP contribution in [-0.4, -0.2) is 17.1 Å². The van der Waals surface area contributed by atoms with Gasteiger partial charge in [-0.2, -0.15) is 0 Å². The number of nitrogens with two attached hydrogens (primary N) is 1. The van der Waals surface area contributed by atoms with Crippen molar-refractivity contribution >= 4 is 0 Å². The van der Waals surface area contributed by atoms with Crippen molar-refractivity contribution < 1.29 is 4.74 Å². The van der Waals surface area contributed by atoms with Crippen molar-refractivity contribution in [1.29, 1.82) is 0 Å².